The third-order valence-corrected chi connectivity index (χ3v) is 10.4. The number of hydrogen-bond donors (Lipinski definition) is 1. The maximum absolute atomic E-state index is 13.5. The summed E-state index contributed by atoms with van der Waals surface area (Å²) in [6.07, 6.45) is 7.96. The highest BCUT2D eigenvalue weighted by atomic mass is 19.3. The molecule has 184 valence electrons. The van der Waals surface area contributed by atoms with Crippen LogP contribution in [0.3, 0.4) is 0 Å². The van der Waals surface area contributed by atoms with Crippen LogP contribution in [-0.2, 0) is 11.3 Å². The number of fused-ring (bicyclic) bond motifs is 6. The Morgan fingerprint density at radius 2 is 1.88 bits per heavy atom. The van der Waals surface area contributed by atoms with E-state index in [0.29, 0.717) is 35.6 Å². The smallest absolute Gasteiger partial charge is 0.266 e. The Labute approximate surface area is 198 Å². The molecule has 0 amide bonds. The fourth-order valence-electron chi connectivity index (χ4n) is 8.77. The maximum Gasteiger partial charge on any atom is 0.266 e. The first-order valence-electron chi connectivity index (χ1n) is 13.0. The first-order valence-corrected chi connectivity index (χ1v) is 13.0. The molecule has 0 spiro atoms. The molecule has 0 aliphatic heterocycles. The van der Waals surface area contributed by atoms with Crippen LogP contribution in [0.25, 0.3) is 11.0 Å². The lowest BCUT2D eigenvalue weighted by Crippen LogP contribution is -2.53. The van der Waals surface area contributed by atoms with Gasteiger partial charge in [-0.25, -0.2) is 8.78 Å². The van der Waals surface area contributed by atoms with Crippen molar-refractivity contribution in [1.29, 1.82) is 0 Å². The van der Waals surface area contributed by atoms with Gasteiger partial charge in [0.1, 0.15) is 23.2 Å². The summed E-state index contributed by atoms with van der Waals surface area (Å²) >= 11 is 0. The van der Waals surface area contributed by atoms with Crippen LogP contribution in [0.15, 0.2) is 18.5 Å². The summed E-state index contributed by atoms with van der Waals surface area (Å²) in [6.45, 7) is 2.52. The molecule has 6 rings (SSSR count). The molecule has 0 radical (unpaired) electrons. The lowest BCUT2D eigenvalue weighted by Gasteiger charge is -2.57. The number of pyridine rings is 1. The second kappa shape index (κ2) is 8.04. The van der Waals surface area contributed by atoms with E-state index >= 15 is 0 Å². The second-order valence-corrected chi connectivity index (χ2v) is 11.8. The molecular formula is C26H34F2N4O2. The van der Waals surface area contributed by atoms with Crippen LogP contribution in [0.5, 0.6) is 0 Å². The normalized spacial score (nSPS) is 41.8. The van der Waals surface area contributed by atoms with E-state index < -0.39 is 12.0 Å². The number of hydrogen-bond acceptors (Lipinski definition) is 5. The van der Waals surface area contributed by atoms with Crippen molar-refractivity contribution >= 4 is 16.8 Å². The van der Waals surface area contributed by atoms with E-state index in [9.17, 15) is 18.7 Å². The molecule has 4 aliphatic rings. The van der Waals surface area contributed by atoms with Crippen molar-refractivity contribution in [2.24, 2.45) is 40.9 Å². The fraction of sp³-hybridized carbons (Fsp3) is 0.769. The van der Waals surface area contributed by atoms with E-state index in [-0.39, 0.29) is 42.4 Å². The average molecular weight is 473 g/mol. The average Bonchev–Trinajstić information content (AvgIpc) is 3.38. The van der Waals surface area contributed by atoms with Gasteiger partial charge in [0, 0.05) is 12.1 Å². The summed E-state index contributed by atoms with van der Waals surface area (Å²) in [5, 5.41) is 19.3. The van der Waals surface area contributed by atoms with E-state index in [1.54, 1.807) is 18.5 Å². The van der Waals surface area contributed by atoms with Crippen LogP contribution in [0.4, 0.5) is 8.78 Å². The Kier molecular flexibility index (Phi) is 5.32. The number of ketones is 1. The minimum atomic E-state index is -2.65. The van der Waals surface area contributed by atoms with Gasteiger partial charge in [-0.1, -0.05) is 6.92 Å². The summed E-state index contributed by atoms with van der Waals surface area (Å²) in [5.41, 5.74) is -0.336. The zero-order valence-corrected chi connectivity index (χ0v) is 19.7. The quantitative estimate of drug-likeness (QED) is 0.700. The van der Waals surface area contributed by atoms with Crippen molar-refractivity contribution in [3.05, 3.63) is 18.5 Å². The molecule has 6 nitrogen and oxygen atoms in total. The van der Waals surface area contributed by atoms with E-state index in [2.05, 4.69) is 22.1 Å². The van der Waals surface area contributed by atoms with Crippen LogP contribution in [0.1, 0.15) is 64.7 Å². The van der Waals surface area contributed by atoms with Crippen LogP contribution in [0.2, 0.25) is 0 Å². The summed E-state index contributed by atoms with van der Waals surface area (Å²) in [5.74, 6) is 2.57. The Hall–Kier alpha value is -1.96. The Balaban J connectivity index is 1.17. The molecule has 8 heteroatoms. The molecule has 0 bridgehead atoms. The minimum absolute atomic E-state index is 0.00239. The van der Waals surface area contributed by atoms with Gasteiger partial charge in [0.05, 0.1) is 6.20 Å². The lowest BCUT2D eigenvalue weighted by atomic mass is 9.49. The van der Waals surface area contributed by atoms with Crippen molar-refractivity contribution < 1.29 is 18.7 Å². The van der Waals surface area contributed by atoms with Crippen LogP contribution < -0.4 is 0 Å². The molecule has 8 atom stereocenters. The standard InChI is InChI=1S/C26H34F2N4O2/c1-25-9-6-17-16-7-10-26(34,24(27)28)12-15(16)2-3-18(17)19(25)4-5-20(25)23(33)14-32-30-21-8-11-29-13-22(21)31-32/h8,11,13,15-20,24,34H,2-7,9-10,12,14H2,1H3/t15-,16?,17-,18-,19+,20+,25+,26-/m1/s1. The third kappa shape index (κ3) is 3.42. The first-order chi connectivity index (χ1) is 16.3. The predicted octanol–water partition coefficient (Wildman–Crippen LogP) is 4.66. The molecule has 34 heavy (non-hydrogen) atoms. The number of carbonyl (C=O) groups is 1. The lowest BCUT2D eigenvalue weighted by molar-refractivity contribution is -0.160. The second-order valence-electron chi connectivity index (χ2n) is 11.8. The number of rotatable bonds is 4. The van der Waals surface area contributed by atoms with Gasteiger partial charge < -0.3 is 5.11 Å². The number of nitrogens with zero attached hydrogens (tertiary/aromatic N) is 4. The fourth-order valence-corrected chi connectivity index (χ4v) is 8.77. The molecule has 2 aromatic rings. The van der Waals surface area contributed by atoms with E-state index in [0.717, 1.165) is 44.0 Å². The molecule has 2 aromatic heterocycles. The number of alkyl halides is 2. The van der Waals surface area contributed by atoms with Gasteiger partial charge in [-0.2, -0.15) is 15.0 Å². The topological polar surface area (TPSA) is 80.9 Å². The predicted molar refractivity (Wildman–Crippen MR) is 122 cm³/mol. The molecule has 1 unspecified atom stereocenters. The summed E-state index contributed by atoms with van der Waals surface area (Å²) < 4.78 is 26.9. The van der Waals surface area contributed by atoms with Crippen LogP contribution in [-0.4, -0.2) is 42.9 Å². The van der Waals surface area contributed by atoms with Crippen LogP contribution >= 0.6 is 0 Å². The van der Waals surface area contributed by atoms with Crippen molar-refractivity contribution in [2.75, 3.05) is 0 Å². The number of Topliss-reactive ketones (excluding diaryl/α,β-unsaturated/α-hetero) is 1. The molecule has 4 saturated carbocycles. The Morgan fingerprint density at radius 1 is 1.09 bits per heavy atom. The molecule has 1 N–H and O–H groups in total. The van der Waals surface area contributed by atoms with Crippen molar-refractivity contribution in [3.8, 4) is 0 Å². The van der Waals surface area contributed by atoms with Gasteiger partial charge in [-0.3, -0.25) is 9.78 Å². The van der Waals surface area contributed by atoms with Crippen molar-refractivity contribution in [2.45, 2.75) is 83.3 Å². The Bertz CT molecular complexity index is 1060. The molecule has 2 heterocycles. The molecule has 4 fully saturated rings. The number of halogens is 2. The first kappa shape index (κ1) is 22.5. The minimum Gasteiger partial charge on any atom is -0.384 e. The van der Waals surface area contributed by atoms with Gasteiger partial charge in [-0.05, 0) is 98.9 Å². The number of carbonyl (C=O) groups excluding carboxylic acids is 1. The highest BCUT2D eigenvalue weighted by Gasteiger charge is 2.59. The third-order valence-electron chi connectivity index (χ3n) is 10.4. The number of aliphatic hydroxyl groups is 1. The van der Waals surface area contributed by atoms with Crippen molar-refractivity contribution in [3.63, 3.8) is 0 Å². The highest BCUT2D eigenvalue weighted by molar-refractivity contribution is 5.82. The van der Waals surface area contributed by atoms with E-state index in [4.69, 9.17) is 0 Å². The van der Waals surface area contributed by atoms with Gasteiger partial charge in [0.15, 0.2) is 5.78 Å². The molecule has 4 aliphatic carbocycles. The zero-order chi connectivity index (χ0) is 23.7. The Morgan fingerprint density at radius 3 is 2.68 bits per heavy atom. The largest absolute Gasteiger partial charge is 0.384 e. The SMILES string of the molecule is C[C@]12CC[C@@H]3C4CC[C@](O)(C(F)F)C[C@H]4CC[C@H]3[C@@H]1CC[C@H]2C(=O)Cn1nc2ccncc2n1. The number of aromatic nitrogens is 4. The van der Waals surface area contributed by atoms with Crippen LogP contribution in [0, 0.1) is 40.9 Å². The summed E-state index contributed by atoms with van der Waals surface area (Å²) in [6, 6.07) is 1.81. The van der Waals surface area contributed by atoms with Gasteiger partial charge >= 0.3 is 0 Å². The van der Waals surface area contributed by atoms with E-state index in [1.807, 2.05) is 0 Å². The van der Waals surface area contributed by atoms with Crippen molar-refractivity contribution in [1.82, 2.24) is 20.0 Å². The monoisotopic (exact) mass is 472 g/mol. The zero-order valence-electron chi connectivity index (χ0n) is 19.7. The van der Waals surface area contributed by atoms with Gasteiger partial charge in [0.2, 0.25) is 0 Å². The van der Waals surface area contributed by atoms with E-state index in [1.165, 1.54) is 4.80 Å². The summed E-state index contributed by atoms with van der Waals surface area (Å²) in [4.78, 5) is 19.1. The van der Waals surface area contributed by atoms with Gasteiger partial charge in [-0.15, -0.1) is 0 Å². The highest BCUT2D eigenvalue weighted by Crippen LogP contribution is 2.65. The summed E-state index contributed by atoms with van der Waals surface area (Å²) in [7, 11) is 0. The molecule has 0 saturated heterocycles. The van der Waals surface area contributed by atoms with Gasteiger partial charge in [0.25, 0.3) is 6.43 Å². The molecule has 0 aromatic carbocycles. The maximum atomic E-state index is 13.5. The molecular weight excluding hydrogens is 438 g/mol.